The minimum Gasteiger partial charge on any atom is -0.496 e. The number of rotatable bonds is 6. The van der Waals surface area contributed by atoms with Gasteiger partial charge < -0.3 is 10.1 Å². The SMILES string of the molecule is COc1ccccc1CCNC(=O)c1cc(I)cc([N+](=O)[O-])c1. The van der Waals surface area contributed by atoms with Gasteiger partial charge in [0.1, 0.15) is 5.75 Å². The predicted octanol–water partition coefficient (Wildman–Crippen LogP) is 3.18. The molecule has 0 fully saturated rings. The van der Waals surface area contributed by atoms with Crippen LogP contribution >= 0.6 is 22.6 Å². The van der Waals surface area contributed by atoms with E-state index in [2.05, 4.69) is 5.32 Å². The lowest BCUT2D eigenvalue weighted by molar-refractivity contribution is -0.385. The van der Waals surface area contributed by atoms with Gasteiger partial charge in [0, 0.05) is 27.8 Å². The van der Waals surface area contributed by atoms with Crippen molar-refractivity contribution in [2.75, 3.05) is 13.7 Å². The summed E-state index contributed by atoms with van der Waals surface area (Å²) in [5.41, 5.74) is 1.18. The van der Waals surface area contributed by atoms with Gasteiger partial charge in [-0.15, -0.1) is 0 Å². The Balaban J connectivity index is 2.01. The van der Waals surface area contributed by atoms with Crippen molar-refractivity contribution in [2.45, 2.75) is 6.42 Å². The second kappa shape index (κ2) is 7.91. The Labute approximate surface area is 147 Å². The van der Waals surface area contributed by atoms with Crippen molar-refractivity contribution in [3.05, 3.63) is 67.3 Å². The van der Waals surface area contributed by atoms with Gasteiger partial charge in [-0.3, -0.25) is 14.9 Å². The van der Waals surface area contributed by atoms with E-state index in [1.807, 2.05) is 46.9 Å². The minimum absolute atomic E-state index is 0.0909. The van der Waals surface area contributed by atoms with Crippen molar-refractivity contribution < 1.29 is 14.5 Å². The number of amides is 1. The molecule has 0 spiro atoms. The summed E-state index contributed by atoms with van der Waals surface area (Å²) >= 11 is 1.95. The molecule has 1 amide bonds. The topological polar surface area (TPSA) is 81.5 Å². The number of hydrogen-bond acceptors (Lipinski definition) is 4. The monoisotopic (exact) mass is 426 g/mol. The van der Waals surface area contributed by atoms with Gasteiger partial charge in [-0.05, 0) is 46.7 Å². The number of nitro benzene ring substituents is 1. The zero-order valence-corrected chi connectivity index (χ0v) is 14.6. The minimum atomic E-state index is -0.506. The molecular formula is C16H15IN2O4. The van der Waals surface area contributed by atoms with Crippen LogP contribution in [0.1, 0.15) is 15.9 Å². The first-order chi connectivity index (χ1) is 11.0. The Kier molecular flexibility index (Phi) is 5.91. The van der Waals surface area contributed by atoms with Crippen LogP contribution < -0.4 is 10.1 Å². The molecule has 23 heavy (non-hydrogen) atoms. The fourth-order valence-electron chi connectivity index (χ4n) is 2.13. The molecule has 0 aliphatic rings. The third-order valence-corrected chi connectivity index (χ3v) is 3.85. The largest absolute Gasteiger partial charge is 0.496 e. The Bertz CT molecular complexity index is 734. The highest BCUT2D eigenvalue weighted by Gasteiger charge is 2.13. The van der Waals surface area contributed by atoms with E-state index in [0.29, 0.717) is 16.5 Å². The molecule has 2 aromatic rings. The fraction of sp³-hybridized carbons (Fsp3) is 0.188. The maximum Gasteiger partial charge on any atom is 0.271 e. The molecule has 0 radical (unpaired) electrons. The second-order valence-corrected chi connectivity index (χ2v) is 6.02. The molecule has 120 valence electrons. The second-order valence-electron chi connectivity index (χ2n) is 4.77. The molecule has 1 N–H and O–H groups in total. The maximum absolute atomic E-state index is 12.1. The maximum atomic E-state index is 12.1. The summed E-state index contributed by atoms with van der Waals surface area (Å²) < 4.78 is 5.90. The highest BCUT2D eigenvalue weighted by Crippen LogP contribution is 2.19. The summed E-state index contributed by atoms with van der Waals surface area (Å²) in [6.07, 6.45) is 0.613. The van der Waals surface area contributed by atoms with Crippen molar-refractivity contribution in [1.29, 1.82) is 0 Å². The zero-order valence-electron chi connectivity index (χ0n) is 12.4. The van der Waals surface area contributed by atoms with E-state index < -0.39 is 4.92 Å². The first-order valence-corrected chi connectivity index (χ1v) is 7.94. The van der Waals surface area contributed by atoms with Gasteiger partial charge in [0.15, 0.2) is 0 Å². The molecule has 0 atom stereocenters. The molecule has 0 heterocycles. The number of para-hydroxylation sites is 1. The lowest BCUT2D eigenvalue weighted by Crippen LogP contribution is -2.26. The number of nitrogens with one attached hydrogen (secondary N) is 1. The number of carbonyl (C=O) groups excluding carboxylic acids is 1. The highest BCUT2D eigenvalue weighted by molar-refractivity contribution is 14.1. The summed E-state index contributed by atoms with van der Waals surface area (Å²) in [4.78, 5) is 22.5. The van der Waals surface area contributed by atoms with E-state index >= 15 is 0 Å². The Morgan fingerprint density at radius 2 is 2.04 bits per heavy atom. The number of ether oxygens (including phenoxy) is 1. The molecule has 0 aromatic heterocycles. The molecule has 0 bridgehead atoms. The van der Waals surface area contributed by atoms with E-state index in [4.69, 9.17) is 4.74 Å². The van der Waals surface area contributed by atoms with Gasteiger partial charge in [-0.1, -0.05) is 18.2 Å². The molecule has 6 nitrogen and oxygen atoms in total. The molecule has 2 rings (SSSR count). The van der Waals surface area contributed by atoms with Crippen molar-refractivity contribution in [1.82, 2.24) is 5.32 Å². The van der Waals surface area contributed by atoms with Gasteiger partial charge in [0.25, 0.3) is 11.6 Å². The summed E-state index contributed by atoms with van der Waals surface area (Å²) in [5, 5.41) is 13.6. The summed E-state index contributed by atoms with van der Waals surface area (Å²) in [7, 11) is 1.60. The number of carbonyl (C=O) groups is 1. The molecule has 0 aliphatic carbocycles. The van der Waals surface area contributed by atoms with Crippen LogP contribution in [0.2, 0.25) is 0 Å². The van der Waals surface area contributed by atoms with E-state index in [-0.39, 0.29) is 17.2 Å². The van der Waals surface area contributed by atoms with Crippen LogP contribution in [0, 0.1) is 13.7 Å². The number of hydrogen-bond donors (Lipinski definition) is 1. The first-order valence-electron chi connectivity index (χ1n) is 6.86. The van der Waals surface area contributed by atoms with Gasteiger partial charge >= 0.3 is 0 Å². The van der Waals surface area contributed by atoms with Crippen LogP contribution in [0.15, 0.2) is 42.5 Å². The smallest absolute Gasteiger partial charge is 0.271 e. The van der Waals surface area contributed by atoms with Crippen molar-refractivity contribution in [3.63, 3.8) is 0 Å². The standard InChI is InChI=1S/C16H15IN2O4/c1-23-15-5-3-2-4-11(15)6-7-18-16(20)12-8-13(17)10-14(9-12)19(21)22/h2-5,8-10H,6-7H2,1H3,(H,18,20). The normalized spacial score (nSPS) is 10.2. The van der Waals surface area contributed by atoms with Gasteiger partial charge in [-0.25, -0.2) is 0 Å². The van der Waals surface area contributed by atoms with Crippen molar-refractivity contribution >= 4 is 34.2 Å². The number of methoxy groups -OCH3 is 1. The number of nitro groups is 1. The Morgan fingerprint density at radius 1 is 1.30 bits per heavy atom. The molecule has 0 saturated carbocycles. The third-order valence-electron chi connectivity index (χ3n) is 3.23. The Hall–Kier alpha value is -2.16. The molecule has 0 aliphatic heterocycles. The first kappa shape index (κ1) is 17.2. The molecule has 2 aromatic carbocycles. The van der Waals surface area contributed by atoms with E-state index in [9.17, 15) is 14.9 Å². The van der Waals surface area contributed by atoms with Crippen LogP contribution in [0.4, 0.5) is 5.69 Å². The van der Waals surface area contributed by atoms with Gasteiger partial charge in [0.05, 0.1) is 12.0 Å². The summed E-state index contributed by atoms with van der Waals surface area (Å²) in [6.45, 7) is 0.415. The average molecular weight is 426 g/mol. The van der Waals surface area contributed by atoms with Crippen LogP contribution in [-0.2, 0) is 6.42 Å². The average Bonchev–Trinajstić information content (AvgIpc) is 2.54. The zero-order chi connectivity index (χ0) is 16.8. The van der Waals surface area contributed by atoms with Crippen LogP contribution in [0.3, 0.4) is 0 Å². The van der Waals surface area contributed by atoms with Crippen LogP contribution in [-0.4, -0.2) is 24.5 Å². The number of halogens is 1. The molecule has 0 unspecified atom stereocenters. The Morgan fingerprint density at radius 3 is 2.74 bits per heavy atom. The van der Waals surface area contributed by atoms with Gasteiger partial charge in [-0.2, -0.15) is 0 Å². The van der Waals surface area contributed by atoms with Gasteiger partial charge in [0.2, 0.25) is 0 Å². The van der Waals surface area contributed by atoms with Crippen molar-refractivity contribution in [2.24, 2.45) is 0 Å². The highest BCUT2D eigenvalue weighted by atomic mass is 127. The van der Waals surface area contributed by atoms with E-state index in [1.54, 1.807) is 13.2 Å². The fourth-order valence-corrected chi connectivity index (χ4v) is 2.79. The number of nitrogens with zero attached hydrogens (tertiary/aromatic N) is 1. The molecule has 0 saturated heterocycles. The summed E-state index contributed by atoms with van der Waals surface area (Å²) in [5.74, 6) is 0.438. The number of benzene rings is 2. The van der Waals surface area contributed by atoms with Crippen LogP contribution in [0.25, 0.3) is 0 Å². The third kappa shape index (κ3) is 4.65. The lowest BCUT2D eigenvalue weighted by Gasteiger charge is -2.09. The lowest BCUT2D eigenvalue weighted by atomic mass is 10.1. The predicted molar refractivity (Wildman–Crippen MR) is 94.8 cm³/mol. The molecule has 7 heteroatoms. The van der Waals surface area contributed by atoms with E-state index in [0.717, 1.165) is 11.3 Å². The summed E-state index contributed by atoms with van der Waals surface area (Å²) in [6, 6.07) is 11.9. The number of non-ortho nitro benzene ring substituents is 1. The quantitative estimate of drug-likeness (QED) is 0.437. The van der Waals surface area contributed by atoms with Crippen LogP contribution in [0.5, 0.6) is 5.75 Å². The van der Waals surface area contributed by atoms with Crippen molar-refractivity contribution in [3.8, 4) is 5.75 Å². The molecular weight excluding hydrogens is 411 g/mol. The van der Waals surface area contributed by atoms with E-state index in [1.165, 1.54) is 12.1 Å².